The average molecular weight is 325 g/mol. The van der Waals surface area contributed by atoms with Crippen molar-refractivity contribution in [2.75, 3.05) is 6.54 Å². The van der Waals surface area contributed by atoms with Crippen LogP contribution in [-0.2, 0) is 21.2 Å². The second-order valence-corrected chi connectivity index (χ2v) is 6.06. The molecule has 1 N–H and O–H groups in total. The van der Waals surface area contributed by atoms with Gasteiger partial charge in [0.25, 0.3) is 0 Å². The summed E-state index contributed by atoms with van der Waals surface area (Å²) in [5.74, 6) is -0.379. The van der Waals surface area contributed by atoms with Crippen LogP contribution in [0.2, 0.25) is 0 Å². The molecule has 1 aromatic carbocycles. The number of ether oxygens (including phenoxy) is 1. The van der Waals surface area contributed by atoms with Crippen molar-refractivity contribution in [2.24, 2.45) is 0 Å². The number of halogens is 3. The van der Waals surface area contributed by atoms with Gasteiger partial charge in [-0.25, -0.2) is 13.1 Å². The summed E-state index contributed by atoms with van der Waals surface area (Å²) in [5.41, 5.74) is -4.10. The Kier molecular flexibility index (Phi) is 5.35. The van der Waals surface area contributed by atoms with Crippen LogP contribution in [0.1, 0.15) is 18.1 Å². The number of aryl methyl sites for hydroxylation is 1. The first-order chi connectivity index (χ1) is 9.53. The van der Waals surface area contributed by atoms with Gasteiger partial charge in [0, 0.05) is 13.5 Å². The molecule has 0 aromatic heterocycles. The van der Waals surface area contributed by atoms with E-state index in [0.717, 1.165) is 5.56 Å². The van der Waals surface area contributed by atoms with Gasteiger partial charge < -0.3 is 4.74 Å². The smallest absolute Gasteiger partial charge is 0.426 e. The van der Waals surface area contributed by atoms with E-state index < -0.39 is 28.0 Å². The average Bonchev–Trinajstić information content (AvgIpc) is 2.30. The van der Waals surface area contributed by atoms with E-state index in [1.54, 1.807) is 19.1 Å². The van der Waals surface area contributed by atoms with Gasteiger partial charge in [0.1, 0.15) is 5.75 Å². The number of sulfonamides is 1. The molecule has 0 saturated carbocycles. The fourth-order valence-corrected chi connectivity index (χ4v) is 2.09. The minimum atomic E-state index is -5.37. The Bertz CT molecular complexity index is 626. The van der Waals surface area contributed by atoms with Crippen molar-refractivity contribution in [3.8, 4) is 5.75 Å². The van der Waals surface area contributed by atoms with Gasteiger partial charge in [-0.1, -0.05) is 17.7 Å². The van der Waals surface area contributed by atoms with E-state index in [9.17, 15) is 26.4 Å². The van der Waals surface area contributed by atoms with Crippen molar-refractivity contribution in [3.05, 3.63) is 29.3 Å². The molecule has 1 rings (SSSR count). The molecule has 0 unspecified atom stereocenters. The molecule has 118 valence electrons. The van der Waals surface area contributed by atoms with Crippen molar-refractivity contribution < 1.29 is 31.1 Å². The minimum absolute atomic E-state index is 0.0421. The van der Waals surface area contributed by atoms with Gasteiger partial charge in [-0.05, 0) is 25.0 Å². The fourth-order valence-electron chi connectivity index (χ4n) is 1.56. The van der Waals surface area contributed by atoms with Gasteiger partial charge in [-0.3, -0.25) is 4.79 Å². The van der Waals surface area contributed by atoms with Crippen molar-refractivity contribution in [1.82, 2.24) is 4.72 Å². The summed E-state index contributed by atoms with van der Waals surface area (Å²) in [6, 6.07) is 4.78. The number of carbonyl (C=O) groups excluding carboxylic acids is 1. The summed E-state index contributed by atoms with van der Waals surface area (Å²) < 4.78 is 64.5. The summed E-state index contributed by atoms with van der Waals surface area (Å²) in [7, 11) is -5.37. The molecular weight excluding hydrogens is 311 g/mol. The second kappa shape index (κ2) is 6.44. The van der Waals surface area contributed by atoms with Gasteiger partial charge >= 0.3 is 21.5 Å². The largest absolute Gasteiger partial charge is 0.511 e. The zero-order valence-electron chi connectivity index (χ0n) is 11.3. The molecule has 0 atom stereocenters. The summed E-state index contributed by atoms with van der Waals surface area (Å²) in [6.45, 7) is 2.48. The highest BCUT2D eigenvalue weighted by molar-refractivity contribution is 7.90. The third-order valence-corrected chi connectivity index (χ3v) is 3.65. The van der Waals surface area contributed by atoms with E-state index >= 15 is 0 Å². The summed E-state index contributed by atoms with van der Waals surface area (Å²) in [5, 5.41) is 0. The highest BCUT2D eigenvalue weighted by atomic mass is 32.2. The molecule has 0 fully saturated rings. The van der Waals surface area contributed by atoms with Crippen LogP contribution >= 0.6 is 0 Å². The number of alkyl halides is 3. The second-order valence-electron chi connectivity index (χ2n) is 4.30. The van der Waals surface area contributed by atoms with E-state index in [1.165, 1.54) is 17.7 Å². The maximum absolute atomic E-state index is 12.2. The van der Waals surface area contributed by atoms with E-state index in [4.69, 9.17) is 4.74 Å². The molecule has 0 aliphatic carbocycles. The molecule has 0 radical (unpaired) electrons. The lowest BCUT2D eigenvalue weighted by Crippen LogP contribution is -2.37. The van der Waals surface area contributed by atoms with Crippen molar-refractivity contribution in [2.45, 2.75) is 25.8 Å². The lowest BCUT2D eigenvalue weighted by Gasteiger charge is -2.12. The first-order valence-corrected chi connectivity index (χ1v) is 7.35. The molecule has 0 aliphatic heterocycles. The fraction of sp³-hybridized carbons (Fsp3) is 0.417. The quantitative estimate of drug-likeness (QED) is 0.663. The van der Waals surface area contributed by atoms with Crippen molar-refractivity contribution in [3.63, 3.8) is 0 Å². The molecule has 0 aliphatic rings. The van der Waals surface area contributed by atoms with Crippen LogP contribution in [0.15, 0.2) is 18.2 Å². The zero-order chi connectivity index (χ0) is 16.3. The van der Waals surface area contributed by atoms with Crippen molar-refractivity contribution in [1.29, 1.82) is 0 Å². The van der Waals surface area contributed by atoms with Gasteiger partial charge in [0.05, 0.1) is 0 Å². The Morgan fingerprint density at radius 2 is 1.95 bits per heavy atom. The Morgan fingerprint density at radius 3 is 2.48 bits per heavy atom. The normalized spacial score (nSPS) is 12.2. The highest BCUT2D eigenvalue weighted by Gasteiger charge is 2.45. The van der Waals surface area contributed by atoms with E-state index in [-0.39, 0.29) is 12.2 Å². The van der Waals surface area contributed by atoms with Crippen LogP contribution in [0.25, 0.3) is 0 Å². The van der Waals surface area contributed by atoms with Gasteiger partial charge in [0.15, 0.2) is 0 Å². The molecule has 0 bridgehead atoms. The topological polar surface area (TPSA) is 72.5 Å². The molecule has 9 heteroatoms. The predicted molar refractivity (Wildman–Crippen MR) is 69.2 cm³/mol. The number of benzene rings is 1. The molecule has 5 nitrogen and oxygen atoms in total. The summed E-state index contributed by atoms with van der Waals surface area (Å²) in [4.78, 5) is 10.9. The van der Waals surface area contributed by atoms with E-state index in [1.807, 2.05) is 0 Å². The first-order valence-electron chi connectivity index (χ1n) is 5.87. The van der Waals surface area contributed by atoms with Crippen LogP contribution in [-0.4, -0.2) is 26.4 Å². The zero-order valence-corrected chi connectivity index (χ0v) is 12.1. The maximum atomic E-state index is 12.2. The van der Waals surface area contributed by atoms with Crippen LogP contribution in [0.3, 0.4) is 0 Å². The number of carbonyl (C=O) groups is 1. The molecule has 1 aromatic rings. The number of rotatable bonds is 5. The van der Waals surface area contributed by atoms with E-state index in [2.05, 4.69) is 0 Å². The van der Waals surface area contributed by atoms with Crippen molar-refractivity contribution >= 4 is 16.0 Å². The summed E-state index contributed by atoms with van der Waals surface area (Å²) >= 11 is 0. The van der Waals surface area contributed by atoms with Gasteiger partial charge in [-0.15, -0.1) is 0 Å². The van der Waals surface area contributed by atoms with E-state index in [0.29, 0.717) is 5.56 Å². The lowest BCUT2D eigenvalue weighted by atomic mass is 10.1. The minimum Gasteiger partial charge on any atom is -0.426 e. The number of hydrogen-bond donors (Lipinski definition) is 1. The lowest BCUT2D eigenvalue weighted by molar-refractivity contribution is -0.131. The molecule has 0 saturated heterocycles. The summed E-state index contributed by atoms with van der Waals surface area (Å²) in [6.07, 6.45) is -0.0421. The molecule has 0 amide bonds. The Balaban J connectivity index is 2.80. The monoisotopic (exact) mass is 325 g/mol. The van der Waals surface area contributed by atoms with Gasteiger partial charge in [0.2, 0.25) is 0 Å². The molecular formula is C12H14F3NO4S. The Morgan fingerprint density at radius 1 is 1.33 bits per heavy atom. The first kappa shape index (κ1) is 17.4. The maximum Gasteiger partial charge on any atom is 0.511 e. The van der Waals surface area contributed by atoms with Crippen LogP contribution in [0, 0.1) is 6.92 Å². The van der Waals surface area contributed by atoms with Crippen LogP contribution in [0.4, 0.5) is 13.2 Å². The number of esters is 1. The number of hydrogen-bond acceptors (Lipinski definition) is 4. The molecule has 0 spiro atoms. The van der Waals surface area contributed by atoms with Gasteiger partial charge in [-0.2, -0.15) is 13.2 Å². The SMILES string of the molecule is CC(=O)Oc1ccc(C)cc1CCNS(=O)(=O)C(F)(F)F. The highest BCUT2D eigenvalue weighted by Crippen LogP contribution is 2.23. The molecule has 21 heavy (non-hydrogen) atoms. The predicted octanol–water partition coefficient (Wildman–Crippen LogP) is 1.90. The Hall–Kier alpha value is -1.61. The third-order valence-electron chi connectivity index (χ3n) is 2.46. The van der Waals surface area contributed by atoms with Crippen LogP contribution < -0.4 is 9.46 Å². The third kappa shape index (κ3) is 5.01. The standard InChI is InChI=1S/C12H14F3NO4S/c1-8-3-4-11(20-9(2)17)10(7-8)5-6-16-21(18,19)12(13,14)15/h3-4,7,16H,5-6H2,1-2H3. The molecule has 0 heterocycles. The van der Waals surface area contributed by atoms with Crippen LogP contribution in [0.5, 0.6) is 5.75 Å². The number of nitrogens with one attached hydrogen (secondary N) is 1. The Labute approximate surface area is 120 Å².